The quantitative estimate of drug-likeness (QED) is 0.421. The smallest absolute Gasteiger partial charge is 0.261 e. The van der Waals surface area contributed by atoms with Gasteiger partial charge in [0.05, 0.1) is 30.2 Å². The highest BCUT2D eigenvalue weighted by Crippen LogP contribution is 2.31. The Morgan fingerprint density at radius 1 is 0.971 bits per heavy atom. The fourth-order valence-corrected chi connectivity index (χ4v) is 4.49. The second kappa shape index (κ2) is 10.0. The second-order valence-electron chi connectivity index (χ2n) is 8.54. The van der Waals surface area contributed by atoms with E-state index in [9.17, 15) is 14.4 Å². The summed E-state index contributed by atoms with van der Waals surface area (Å²) in [6.07, 6.45) is 1.97. The number of hydrogen-bond acceptors (Lipinski definition) is 5. The number of ether oxygens (including phenoxy) is 2. The standard InChI is InChI=1S/C27H23BrN2O5/c28-18-5-3-17(4-6-18)14-25(31)29-19-7-9-20(10-8-19)35-21-11-12-23-24(15-21)27(33)30(26(23)32)16-22-2-1-13-34-22/h3-12,15,22H,1-2,13-14,16H2,(H,29,31). The Kier molecular flexibility index (Phi) is 6.66. The molecule has 0 radical (unpaired) electrons. The summed E-state index contributed by atoms with van der Waals surface area (Å²) in [5.41, 5.74) is 2.29. The molecule has 35 heavy (non-hydrogen) atoms. The zero-order valence-corrected chi connectivity index (χ0v) is 20.4. The van der Waals surface area contributed by atoms with Crippen molar-refractivity contribution in [3.05, 3.63) is 87.9 Å². The monoisotopic (exact) mass is 534 g/mol. The highest BCUT2D eigenvalue weighted by molar-refractivity contribution is 9.10. The van der Waals surface area contributed by atoms with Gasteiger partial charge in [0.15, 0.2) is 0 Å². The molecule has 7 nitrogen and oxygen atoms in total. The van der Waals surface area contributed by atoms with Crippen LogP contribution in [-0.2, 0) is 16.0 Å². The minimum absolute atomic E-state index is 0.0956. The molecule has 1 N–H and O–H groups in total. The van der Waals surface area contributed by atoms with Gasteiger partial charge in [0, 0.05) is 16.8 Å². The molecule has 1 atom stereocenters. The number of rotatable bonds is 7. The molecule has 8 heteroatoms. The third-order valence-corrected chi connectivity index (χ3v) is 6.53. The summed E-state index contributed by atoms with van der Waals surface area (Å²) in [5, 5.41) is 2.87. The molecule has 1 fully saturated rings. The molecule has 0 aromatic heterocycles. The Balaban J connectivity index is 1.21. The maximum absolute atomic E-state index is 12.8. The number of carbonyl (C=O) groups is 3. The van der Waals surface area contributed by atoms with Crippen LogP contribution in [0.4, 0.5) is 5.69 Å². The first-order valence-electron chi connectivity index (χ1n) is 11.4. The van der Waals surface area contributed by atoms with Crippen LogP contribution in [0.15, 0.2) is 71.2 Å². The van der Waals surface area contributed by atoms with Crippen molar-refractivity contribution in [2.24, 2.45) is 0 Å². The van der Waals surface area contributed by atoms with Crippen LogP contribution in [0.5, 0.6) is 11.5 Å². The molecule has 0 aliphatic carbocycles. The van der Waals surface area contributed by atoms with Crippen molar-refractivity contribution < 1.29 is 23.9 Å². The first-order chi connectivity index (χ1) is 17.0. The van der Waals surface area contributed by atoms with Gasteiger partial charge in [0.2, 0.25) is 5.91 Å². The van der Waals surface area contributed by atoms with Crippen molar-refractivity contribution in [3.63, 3.8) is 0 Å². The van der Waals surface area contributed by atoms with Gasteiger partial charge in [-0.05, 0) is 73.0 Å². The molecular formula is C27H23BrN2O5. The third-order valence-electron chi connectivity index (χ3n) is 6.00. The number of nitrogens with zero attached hydrogens (tertiary/aromatic N) is 1. The van der Waals surface area contributed by atoms with Crippen molar-refractivity contribution in [3.8, 4) is 11.5 Å². The lowest BCUT2D eigenvalue weighted by Crippen LogP contribution is -2.36. The second-order valence-corrected chi connectivity index (χ2v) is 9.46. The van der Waals surface area contributed by atoms with Crippen LogP contribution < -0.4 is 10.1 Å². The van der Waals surface area contributed by atoms with Gasteiger partial charge in [-0.1, -0.05) is 28.1 Å². The summed E-state index contributed by atoms with van der Waals surface area (Å²) in [6.45, 7) is 0.941. The van der Waals surface area contributed by atoms with Crippen LogP contribution in [0.3, 0.4) is 0 Å². The molecule has 2 aliphatic rings. The summed E-state index contributed by atoms with van der Waals surface area (Å²) in [7, 11) is 0. The number of imide groups is 1. The van der Waals surface area contributed by atoms with Crippen LogP contribution in [-0.4, -0.2) is 41.9 Å². The van der Waals surface area contributed by atoms with Gasteiger partial charge in [0.25, 0.3) is 11.8 Å². The number of anilines is 1. The van der Waals surface area contributed by atoms with E-state index in [0.29, 0.717) is 34.9 Å². The number of hydrogen-bond donors (Lipinski definition) is 1. The molecule has 3 aromatic rings. The first kappa shape index (κ1) is 23.3. The number of benzene rings is 3. The van der Waals surface area contributed by atoms with Gasteiger partial charge in [-0.3, -0.25) is 19.3 Å². The van der Waals surface area contributed by atoms with Crippen molar-refractivity contribution in [1.29, 1.82) is 0 Å². The lowest BCUT2D eigenvalue weighted by molar-refractivity contribution is -0.115. The van der Waals surface area contributed by atoms with Gasteiger partial charge in [-0.15, -0.1) is 0 Å². The van der Waals surface area contributed by atoms with Gasteiger partial charge < -0.3 is 14.8 Å². The largest absolute Gasteiger partial charge is 0.457 e. The molecule has 0 spiro atoms. The Morgan fingerprint density at radius 3 is 2.40 bits per heavy atom. The van der Waals surface area contributed by atoms with E-state index < -0.39 is 0 Å². The van der Waals surface area contributed by atoms with Crippen molar-refractivity contribution in [2.45, 2.75) is 25.4 Å². The van der Waals surface area contributed by atoms with E-state index in [1.54, 1.807) is 42.5 Å². The normalized spacial score (nSPS) is 16.9. The fraction of sp³-hybridized carbons (Fsp3) is 0.222. The third kappa shape index (κ3) is 5.28. The van der Waals surface area contributed by atoms with E-state index in [0.717, 1.165) is 22.9 Å². The zero-order chi connectivity index (χ0) is 24.4. The van der Waals surface area contributed by atoms with Crippen LogP contribution in [0.1, 0.15) is 39.1 Å². The van der Waals surface area contributed by atoms with Gasteiger partial charge in [0.1, 0.15) is 11.5 Å². The average Bonchev–Trinajstić information content (AvgIpc) is 3.45. The Morgan fingerprint density at radius 2 is 1.69 bits per heavy atom. The molecule has 3 aromatic carbocycles. The summed E-state index contributed by atoms with van der Waals surface area (Å²) in [6, 6.07) is 19.5. The van der Waals surface area contributed by atoms with Crippen LogP contribution in [0.25, 0.3) is 0 Å². The maximum atomic E-state index is 12.8. The minimum atomic E-state index is -0.324. The number of amides is 3. The number of fused-ring (bicyclic) bond motifs is 1. The number of halogens is 1. The first-order valence-corrected chi connectivity index (χ1v) is 12.2. The molecule has 178 valence electrons. The van der Waals surface area contributed by atoms with E-state index in [4.69, 9.17) is 9.47 Å². The topological polar surface area (TPSA) is 84.9 Å². The zero-order valence-electron chi connectivity index (χ0n) is 18.8. The molecule has 0 bridgehead atoms. The molecule has 3 amide bonds. The predicted octanol–water partition coefficient (Wildman–Crippen LogP) is 5.20. The summed E-state index contributed by atoms with van der Waals surface area (Å²) < 4.78 is 12.4. The van der Waals surface area contributed by atoms with Gasteiger partial charge >= 0.3 is 0 Å². The predicted molar refractivity (Wildman–Crippen MR) is 134 cm³/mol. The molecule has 2 aliphatic heterocycles. The summed E-state index contributed by atoms with van der Waals surface area (Å²) in [4.78, 5) is 39.1. The molecule has 0 saturated carbocycles. The van der Waals surface area contributed by atoms with E-state index in [-0.39, 0.29) is 36.8 Å². The minimum Gasteiger partial charge on any atom is -0.457 e. The molecule has 2 heterocycles. The van der Waals surface area contributed by atoms with Crippen LogP contribution in [0.2, 0.25) is 0 Å². The Bertz CT molecular complexity index is 1270. The molecule has 1 unspecified atom stereocenters. The lowest BCUT2D eigenvalue weighted by Gasteiger charge is -2.17. The number of carbonyl (C=O) groups excluding carboxylic acids is 3. The fourth-order valence-electron chi connectivity index (χ4n) is 4.23. The number of nitrogens with one attached hydrogen (secondary N) is 1. The average molecular weight is 535 g/mol. The van der Waals surface area contributed by atoms with Crippen molar-refractivity contribution in [1.82, 2.24) is 4.90 Å². The molecule has 5 rings (SSSR count). The van der Waals surface area contributed by atoms with Gasteiger partial charge in [-0.2, -0.15) is 0 Å². The summed E-state index contributed by atoms with van der Waals surface area (Å²) >= 11 is 3.38. The summed E-state index contributed by atoms with van der Waals surface area (Å²) in [5.74, 6) is 0.264. The van der Waals surface area contributed by atoms with Crippen molar-refractivity contribution in [2.75, 3.05) is 18.5 Å². The van der Waals surface area contributed by atoms with E-state index in [1.165, 1.54) is 4.90 Å². The van der Waals surface area contributed by atoms with Gasteiger partial charge in [-0.25, -0.2) is 0 Å². The Hall–Kier alpha value is -3.49. The van der Waals surface area contributed by atoms with E-state index >= 15 is 0 Å². The SMILES string of the molecule is O=C(Cc1ccc(Br)cc1)Nc1ccc(Oc2ccc3c(c2)C(=O)N(CC2CCCO2)C3=O)cc1. The lowest BCUT2D eigenvalue weighted by atomic mass is 10.1. The van der Waals surface area contributed by atoms with Crippen LogP contribution in [0, 0.1) is 0 Å². The maximum Gasteiger partial charge on any atom is 0.261 e. The molecular weight excluding hydrogens is 512 g/mol. The highest BCUT2D eigenvalue weighted by Gasteiger charge is 2.37. The highest BCUT2D eigenvalue weighted by atomic mass is 79.9. The van der Waals surface area contributed by atoms with E-state index in [1.807, 2.05) is 24.3 Å². The Labute approximate surface area is 211 Å². The van der Waals surface area contributed by atoms with E-state index in [2.05, 4.69) is 21.2 Å². The van der Waals surface area contributed by atoms with Crippen LogP contribution >= 0.6 is 15.9 Å². The molecule has 1 saturated heterocycles. The van der Waals surface area contributed by atoms with Crippen molar-refractivity contribution >= 4 is 39.3 Å².